The molecular formula is C41H38Cl6Zr. The second kappa shape index (κ2) is 13.4. The summed E-state index contributed by atoms with van der Waals surface area (Å²) in [5.74, 6) is 0. The van der Waals surface area contributed by atoms with Gasteiger partial charge in [0.15, 0.2) is 0 Å². The van der Waals surface area contributed by atoms with Crippen LogP contribution in [-0.2, 0) is 46.1 Å². The molecule has 4 aromatic rings. The number of allylic oxidation sites excluding steroid dienone is 4. The van der Waals surface area contributed by atoms with E-state index in [2.05, 4.69) is 114 Å². The van der Waals surface area contributed by atoms with E-state index in [9.17, 15) is 0 Å². The number of alkyl halides is 6. The van der Waals surface area contributed by atoms with Gasteiger partial charge in [0.25, 0.3) is 0 Å². The fourth-order valence-corrected chi connectivity index (χ4v) is 15.4. The molecule has 2 aliphatic rings. The summed E-state index contributed by atoms with van der Waals surface area (Å²) in [4.78, 5) is 0. The Hall–Kier alpha value is -1.15. The average Bonchev–Trinajstić information content (AvgIpc) is 3.66. The average molecular weight is 835 g/mol. The zero-order valence-electron chi connectivity index (χ0n) is 27.9. The molecule has 0 nitrogen and oxygen atoms in total. The van der Waals surface area contributed by atoms with Gasteiger partial charge in [-0.3, -0.25) is 0 Å². The van der Waals surface area contributed by atoms with Crippen LogP contribution in [0.5, 0.6) is 0 Å². The van der Waals surface area contributed by atoms with Crippen LogP contribution in [0.3, 0.4) is 0 Å². The Morgan fingerprint density at radius 2 is 1.08 bits per heavy atom. The molecule has 0 heterocycles. The van der Waals surface area contributed by atoms with Crippen LogP contribution in [-0.4, -0.2) is 3.21 Å². The molecule has 7 heteroatoms. The molecule has 248 valence electrons. The van der Waals surface area contributed by atoms with Crippen LogP contribution in [0.4, 0.5) is 0 Å². The van der Waals surface area contributed by atoms with Crippen molar-refractivity contribution in [3.63, 3.8) is 0 Å². The molecule has 0 fully saturated rings. The number of fused-ring (bicyclic) bond motifs is 3. The zero-order valence-corrected chi connectivity index (χ0v) is 34.9. The van der Waals surface area contributed by atoms with Gasteiger partial charge in [0, 0.05) is 0 Å². The standard InChI is InChI=1S/C21H25.C15H8Cl6.C5H5.Zr/c1-20(2,3)16-9-7-14-11-15-8-10-17(21(4,5)6)13-19(15)18(14)12-16;16-14(17,18)12-5-1-10(2-6-12)9-11-3-7-13(8-4-11)15(19,20)21;1-2-4-5-3-1;/h7,9-10,12-13H,11H2,1-6H3;1-8H;1-3H,4H2;. The summed E-state index contributed by atoms with van der Waals surface area (Å²) in [6, 6.07) is 28.3. The van der Waals surface area contributed by atoms with Crippen LogP contribution >= 0.6 is 69.6 Å². The molecule has 0 aliphatic heterocycles. The number of rotatable bonds is 4. The molecular weight excluding hydrogens is 796 g/mol. The van der Waals surface area contributed by atoms with E-state index >= 15 is 0 Å². The monoisotopic (exact) mass is 830 g/mol. The van der Waals surface area contributed by atoms with Crippen LogP contribution in [0.15, 0.2) is 100 Å². The molecule has 2 aliphatic carbocycles. The van der Waals surface area contributed by atoms with Gasteiger partial charge in [-0.1, -0.05) is 0 Å². The molecule has 6 rings (SSSR count). The molecule has 0 amide bonds. The first-order chi connectivity index (χ1) is 22.3. The van der Waals surface area contributed by atoms with E-state index < -0.39 is 28.9 Å². The van der Waals surface area contributed by atoms with Crippen LogP contribution in [0.1, 0.15) is 92.5 Å². The molecule has 0 unspecified atom stereocenters. The number of hydrogen-bond donors (Lipinski definition) is 0. The zero-order chi connectivity index (χ0) is 34.8. The third-order valence-corrected chi connectivity index (χ3v) is 18.2. The quantitative estimate of drug-likeness (QED) is 0.158. The van der Waals surface area contributed by atoms with Crippen molar-refractivity contribution < 1.29 is 21.3 Å². The summed E-state index contributed by atoms with van der Waals surface area (Å²) in [5, 5.41) is 0. The fraction of sp³-hybridized carbons (Fsp3) is 0.293. The van der Waals surface area contributed by atoms with Crippen molar-refractivity contribution in [3.8, 4) is 11.1 Å². The van der Waals surface area contributed by atoms with Gasteiger partial charge >= 0.3 is 326 Å². The molecule has 0 spiro atoms. The van der Waals surface area contributed by atoms with Gasteiger partial charge in [0.05, 0.1) is 0 Å². The predicted octanol–water partition coefficient (Wildman–Crippen LogP) is 12.9. The third kappa shape index (κ3) is 7.55. The maximum atomic E-state index is 6.32. The molecule has 0 N–H and O–H groups in total. The Morgan fingerprint density at radius 3 is 1.54 bits per heavy atom. The van der Waals surface area contributed by atoms with Crippen LogP contribution < -0.4 is 3.27 Å². The van der Waals surface area contributed by atoms with Gasteiger partial charge in [-0.25, -0.2) is 0 Å². The van der Waals surface area contributed by atoms with Crippen molar-refractivity contribution in [2.45, 2.75) is 72.8 Å². The number of benzene rings is 4. The van der Waals surface area contributed by atoms with Crippen molar-refractivity contribution in [3.05, 3.63) is 145 Å². The van der Waals surface area contributed by atoms with Crippen molar-refractivity contribution >= 4 is 76.1 Å². The van der Waals surface area contributed by atoms with Gasteiger partial charge in [-0.2, -0.15) is 0 Å². The SMILES string of the molecule is CC(C)(C)c1ccc2c(c1)-c1cc(C(C)(C)C)c[c]([Zr]([C]3=CC=CC3)=[C](c3ccc(C(Cl)(Cl)Cl)cc3)c3ccc(C(Cl)(Cl)Cl)cc3)c1C2. The van der Waals surface area contributed by atoms with Crippen molar-refractivity contribution in [2.75, 3.05) is 0 Å². The first-order valence-electron chi connectivity index (χ1n) is 16.1. The Kier molecular flexibility index (Phi) is 10.3. The summed E-state index contributed by atoms with van der Waals surface area (Å²) in [5.41, 5.74) is 11.8. The number of hydrogen-bond acceptors (Lipinski definition) is 0. The first-order valence-corrected chi connectivity index (χ1v) is 22.0. The fourth-order valence-electron chi connectivity index (χ4n) is 6.61. The van der Waals surface area contributed by atoms with Crippen LogP contribution in [0, 0.1) is 0 Å². The van der Waals surface area contributed by atoms with E-state index in [1.807, 2.05) is 24.3 Å². The van der Waals surface area contributed by atoms with E-state index in [1.54, 1.807) is 0 Å². The topological polar surface area (TPSA) is 0 Å². The maximum absolute atomic E-state index is 6.32. The minimum atomic E-state index is -2.99. The van der Waals surface area contributed by atoms with Crippen molar-refractivity contribution in [1.82, 2.24) is 0 Å². The minimum absolute atomic E-state index is 0.0387. The van der Waals surface area contributed by atoms with E-state index in [0.29, 0.717) is 11.1 Å². The Balaban J connectivity index is 1.71. The molecule has 0 bridgehead atoms. The first kappa shape index (κ1) is 36.6. The van der Waals surface area contributed by atoms with E-state index in [-0.39, 0.29) is 10.8 Å². The summed E-state index contributed by atoms with van der Waals surface area (Å²) in [6.07, 6.45) is 8.71. The second-order valence-electron chi connectivity index (χ2n) is 14.8. The van der Waals surface area contributed by atoms with Gasteiger partial charge in [0.2, 0.25) is 0 Å². The van der Waals surface area contributed by atoms with Gasteiger partial charge in [-0.05, 0) is 0 Å². The molecule has 48 heavy (non-hydrogen) atoms. The summed E-state index contributed by atoms with van der Waals surface area (Å²) < 4.78 is 1.35. The Labute approximate surface area is 323 Å². The van der Waals surface area contributed by atoms with E-state index in [0.717, 1.165) is 24.0 Å². The van der Waals surface area contributed by atoms with Crippen molar-refractivity contribution in [1.29, 1.82) is 0 Å². The van der Waals surface area contributed by atoms with Gasteiger partial charge in [0.1, 0.15) is 0 Å². The normalized spacial score (nSPS) is 14.5. The van der Waals surface area contributed by atoms with E-state index in [1.165, 1.54) is 43.1 Å². The molecule has 0 saturated heterocycles. The predicted molar refractivity (Wildman–Crippen MR) is 208 cm³/mol. The second-order valence-corrected chi connectivity index (χ2v) is 25.4. The molecule has 0 radical (unpaired) electrons. The molecule has 4 aromatic carbocycles. The number of halogens is 6. The summed E-state index contributed by atoms with van der Waals surface area (Å²) in [7, 11) is 0. The van der Waals surface area contributed by atoms with Crippen LogP contribution in [0.2, 0.25) is 0 Å². The van der Waals surface area contributed by atoms with Gasteiger partial charge < -0.3 is 0 Å². The molecule has 0 saturated carbocycles. The van der Waals surface area contributed by atoms with Gasteiger partial charge in [-0.15, -0.1) is 0 Å². The summed E-state index contributed by atoms with van der Waals surface area (Å²) >= 11 is 34.9. The Morgan fingerprint density at radius 1 is 0.583 bits per heavy atom. The third-order valence-electron chi connectivity index (χ3n) is 9.36. The van der Waals surface area contributed by atoms with E-state index in [4.69, 9.17) is 69.6 Å². The molecule has 0 aromatic heterocycles. The Bertz CT molecular complexity index is 1910. The van der Waals surface area contributed by atoms with Crippen molar-refractivity contribution in [2.24, 2.45) is 0 Å². The van der Waals surface area contributed by atoms with Crippen LogP contribution in [0.25, 0.3) is 11.1 Å². The molecule has 0 atom stereocenters. The summed E-state index contributed by atoms with van der Waals surface area (Å²) in [6.45, 7) is 13.8.